The second-order valence-electron chi connectivity index (χ2n) is 5.64. The number of nitrogens with one attached hydrogen (secondary N) is 1. The monoisotopic (exact) mass is 239 g/mol. The zero-order valence-electron chi connectivity index (χ0n) is 11.0. The Hall–Kier alpha value is -1.34. The lowest BCUT2D eigenvalue weighted by molar-refractivity contribution is 0.488. The molecule has 18 heavy (non-hydrogen) atoms. The average molecular weight is 239 g/mol. The molecule has 0 saturated heterocycles. The molecule has 3 rings (SSSR count). The summed E-state index contributed by atoms with van der Waals surface area (Å²) in [5.41, 5.74) is 1.39. The summed E-state index contributed by atoms with van der Waals surface area (Å²) in [6, 6.07) is 16.0. The third-order valence-electron chi connectivity index (χ3n) is 3.85. The van der Waals surface area contributed by atoms with Gasteiger partial charge in [-0.25, -0.2) is 0 Å². The Morgan fingerprint density at radius 2 is 1.89 bits per heavy atom. The van der Waals surface area contributed by atoms with E-state index in [1.165, 1.54) is 35.6 Å². The summed E-state index contributed by atoms with van der Waals surface area (Å²) >= 11 is 0. The maximum absolute atomic E-state index is 3.63. The molecule has 0 bridgehead atoms. The Bertz CT molecular complexity index is 528. The van der Waals surface area contributed by atoms with Gasteiger partial charge in [0.15, 0.2) is 0 Å². The van der Waals surface area contributed by atoms with Gasteiger partial charge in [0.25, 0.3) is 0 Å². The van der Waals surface area contributed by atoms with Gasteiger partial charge in [0.1, 0.15) is 0 Å². The van der Waals surface area contributed by atoms with Gasteiger partial charge in [-0.1, -0.05) is 49.2 Å². The van der Waals surface area contributed by atoms with Crippen LogP contribution < -0.4 is 5.32 Å². The van der Waals surface area contributed by atoms with Crippen LogP contribution in [0.1, 0.15) is 31.7 Å². The van der Waals surface area contributed by atoms with Gasteiger partial charge >= 0.3 is 0 Å². The molecule has 2 aromatic carbocycles. The predicted molar refractivity (Wildman–Crippen MR) is 77.6 cm³/mol. The number of hydrogen-bond acceptors (Lipinski definition) is 1. The smallest absolute Gasteiger partial charge is 0.0208 e. The van der Waals surface area contributed by atoms with E-state index in [0.717, 1.165) is 12.5 Å². The van der Waals surface area contributed by atoms with E-state index in [4.69, 9.17) is 0 Å². The van der Waals surface area contributed by atoms with Gasteiger partial charge in [-0.15, -0.1) is 0 Å². The fraction of sp³-hybridized carbons (Fsp3) is 0.412. The highest BCUT2D eigenvalue weighted by Gasteiger charge is 2.23. The Morgan fingerprint density at radius 1 is 1.11 bits per heavy atom. The van der Waals surface area contributed by atoms with Crippen molar-refractivity contribution >= 4 is 10.8 Å². The molecule has 0 aliphatic heterocycles. The third-order valence-corrected chi connectivity index (χ3v) is 3.85. The Kier molecular flexibility index (Phi) is 3.33. The number of benzene rings is 2. The summed E-state index contributed by atoms with van der Waals surface area (Å²) in [6.45, 7) is 3.29. The Morgan fingerprint density at radius 3 is 2.67 bits per heavy atom. The van der Waals surface area contributed by atoms with Gasteiger partial charge in [0.2, 0.25) is 0 Å². The van der Waals surface area contributed by atoms with Crippen LogP contribution in [-0.2, 0) is 6.54 Å². The molecule has 1 atom stereocenters. The predicted octanol–water partition coefficient (Wildman–Crippen LogP) is 4.12. The van der Waals surface area contributed by atoms with Crippen LogP contribution in [0.25, 0.3) is 10.8 Å². The van der Waals surface area contributed by atoms with Crippen molar-refractivity contribution in [3.05, 3.63) is 48.0 Å². The standard InChI is InChI=1S/C17H21N/c1-13(10-14-6-7-14)18-12-15-8-9-16-4-2-3-5-17(16)11-15/h2-5,8-9,11,13-14,18H,6-7,10,12H2,1H3. The van der Waals surface area contributed by atoms with Gasteiger partial charge in [-0.2, -0.15) is 0 Å². The van der Waals surface area contributed by atoms with Crippen LogP contribution in [0.5, 0.6) is 0 Å². The molecule has 0 amide bonds. The van der Waals surface area contributed by atoms with Gasteiger partial charge in [0, 0.05) is 12.6 Å². The van der Waals surface area contributed by atoms with E-state index in [1.54, 1.807) is 0 Å². The third kappa shape index (κ3) is 2.91. The molecule has 1 N–H and O–H groups in total. The van der Waals surface area contributed by atoms with Crippen LogP contribution in [0.3, 0.4) is 0 Å². The van der Waals surface area contributed by atoms with E-state index in [2.05, 4.69) is 54.7 Å². The first kappa shape index (κ1) is 11.7. The minimum atomic E-state index is 0.643. The van der Waals surface area contributed by atoms with Gasteiger partial charge < -0.3 is 5.32 Å². The Balaban J connectivity index is 1.62. The van der Waals surface area contributed by atoms with Crippen LogP contribution >= 0.6 is 0 Å². The highest BCUT2D eigenvalue weighted by molar-refractivity contribution is 5.82. The lowest BCUT2D eigenvalue weighted by atomic mass is 10.1. The van der Waals surface area contributed by atoms with Crippen LogP contribution in [0, 0.1) is 5.92 Å². The summed E-state index contributed by atoms with van der Waals surface area (Å²) in [6.07, 6.45) is 4.23. The second-order valence-corrected chi connectivity index (χ2v) is 5.64. The molecule has 1 heteroatoms. The van der Waals surface area contributed by atoms with Crippen molar-refractivity contribution in [1.29, 1.82) is 0 Å². The summed E-state index contributed by atoms with van der Waals surface area (Å²) in [7, 11) is 0. The first-order valence-electron chi connectivity index (χ1n) is 7.02. The van der Waals surface area contributed by atoms with Gasteiger partial charge in [-0.05, 0) is 41.7 Å². The lowest BCUT2D eigenvalue weighted by Gasteiger charge is -2.13. The van der Waals surface area contributed by atoms with E-state index in [-0.39, 0.29) is 0 Å². The zero-order chi connectivity index (χ0) is 12.4. The maximum atomic E-state index is 3.63. The van der Waals surface area contributed by atoms with E-state index in [1.807, 2.05) is 0 Å². The molecule has 1 nitrogen and oxygen atoms in total. The van der Waals surface area contributed by atoms with Gasteiger partial charge in [-0.3, -0.25) is 0 Å². The molecule has 1 fully saturated rings. The van der Waals surface area contributed by atoms with Crippen molar-refractivity contribution in [2.75, 3.05) is 0 Å². The molecular formula is C17H21N. The molecule has 1 saturated carbocycles. The van der Waals surface area contributed by atoms with Crippen LogP contribution in [0.4, 0.5) is 0 Å². The van der Waals surface area contributed by atoms with Crippen LogP contribution in [0.2, 0.25) is 0 Å². The highest BCUT2D eigenvalue weighted by atomic mass is 14.9. The fourth-order valence-electron chi connectivity index (χ4n) is 2.58. The molecule has 94 valence electrons. The van der Waals surface area contributed by atoms with E-state index in [9.17, 15) is 0 Å². The molecule has 0 aromatic heterocycles. The van der Waals surface area contributed by atoms with Crippen molar-refractivity contribution in [2.24, 2.45) is 5.92 Å². The SMILES string of the molecule is CC(CC1CC1)NCc1ccc2ccccc2c1. The van der Waals surface area contributed by atoms with Crippen molar-refractivity contribution in [1.82, 2.24) is 5.32 Å². The number of hydrogen-bond donors (Lipinski definition) is 1. The largest absolute Gasteiger partial charge is 0.310 e. The fourth-order valence-corrected chi connectivity index (χ4v) is 2.58. The summed E-state index contributed by atoms with van der Waals surface area (Å²) < 4.78 is 0. The molecule has 0 heterocycles. The quantitative estimate of drug-likeness (QED) is 0.827. The lowest BCUT2D eigenvalue weighted by Crippen LogP contribution is -2.25. The minimum Gasteiger partial charge on any atom is -0.310 e. The molecule has 1 aliphatic rings. The van der Waals surface area contributed by atoms with E-state index < -0.39 is 0 Å². The molecular weight excluding hydrogens is 218 g/mol. The summed E-state index contributed by atoms with van der Waals surface area (Å²) in [5, 5.41) is 6.30. The molecule has 2 aromatic rings. The van der Waals surface area contributed by atoms with Crippen molar-refractivity contribution in [3.63, 3.8) is 0 Å². The minimum absolute atomic E-state index is 0.643. The summed E-state index contributed by atoms with van der Waals surface area (Å²) in [5.74, 6) is 1.00. The van der Waals surface area contributed by atoms with E-state index in [0.29, 0.717) is 6.04 Å². The maximum Gasteiger partial charge on any atom is 0.0208 e. The van der Waals surface area contributed by atoms with Crippen LogP contribution in [0.15, 0.2) is 42.5 Å². The topological polar surface area (TPSA) is 12.0 Å². The molecule has 0 spiro atoms. The first-order chi connectivity index (χ1) is 8.81. The average Bonchev–Trinajstić information content (AvgIpc) is 3.20. The number of fused-ring (bicyclic) bond motifs is 1. The first-order valence-corrected chi connectivity index (χ1v) is 7.02. The molecule has 1 unspecified atom stereocenters. The number of rotatable bonds is 5. The highest BCUT2D eigenvalue weighted by Crippen LogP contribution is 2.33. The van der Waals surface area contributed by atoms with Crippen LogP contribution in [-0.4, -0.2) is 6.04 Å². The van der Waals surface area contributed by atoms with Crippen molar-refractivity contribution in [3.8, 4) is 0 Å². The Labute approximate surface area is 109 Å². The van der Waals surface area contributed by atoms with Crippen molar-refractivity contribution in [2.45, 2.75) is 38.8 Å². The van der Waals surface area contributed by atoms with Crippen molar-refractivity contribution < 1.29 is 0 Å². The molecule has 0 radical (unpaired) electrons. The van der Waals surface area contributed by atoms with E-state index >= 15 is 0 Å². The van der Waals surface area contributed by atoms with Gasteiger partial charge in [0.05, 0.1) is 0 Å². The molecule has 1 aliphatic carbocycles. The second kappa shape index (κ2) is 5.11. The zero-order valence-corrected chi connectivity index (χ0v) is 11.0. The normalized spacial score (nSPS) is 16.9. The summed E-state index contributed by atoms with van der Waals surface area (Å²) in [4.78, 5) is 0.